The van der Waals surface area contributed by atoms with Gasteiger partial charge in [-0.2, -0.15) is 0 Å². The molecule has 1 aromatic rings. The first-order valence-electron chi connectivity index (χ1n) is 8.40. The monoisotopic (exact) mass is 352 g/mol. The molecule has 0 radical (unpaired) electrons. The van der Waals surface area contributed by atoms with Crippen LogP contribution in [0.1, 0.15) is 31.2 Å². The fourth-order valence-electron chi connectivity index (χ4n) is 3.30. The van der Waals surface area contributed by atoms with Crippen LogP contribution in [0.5, 0.6) is 5.75 Å². The van der Waals surface area contributed by atoms with Crippen molar-refractivity contribution in [1.82, 2.24) is 4.90 Å². The van der Waals surface area contributed by atoms with Crippen LogP contribution < -0.4 is 9.04 Å². The van der Waals surface area contributed by atoms with Gasteiger partial charge in [0.05, 0.1) is 18.5 Å². The van der Waals surface area contributed by atoms with Crippen molar-refractivity contribution in [3.63, 3.8) is 0 Å². The van der Waals surface area contributed by atoms with Gasteiger partial charge in [0.15, 0.2) is 6.10 Å². The number of hydrogen-bond acceptors (Lipinski definition) is 4. The maximum Gasteiger partial charge on any atom is 0.265 e. The van der Waals surface area contributed by atoms with Gasteiger partial charge in [0.2, 0.25) is 10.0 Å². The van der Waals surface area contributed by atoms with E-state index in [0.717, 1.165) is 50.6 Å². The first kappa shape index (κ1) is 17.1. The molecule has 0 bridgehead atoms. The SMILES string of the molecule is Cc1ccc2c(c1)N(S(C)(=O)=O)CC(C(=O)N1CCCCCC1)O2. The fraction of sp³-hybridized carbons (Fsp3) is 0.588. The molecule has 1 saturated heterocycles. The Morgan fingerprint density at radius 3 is 2.46 bits per heavy atom. The number of carbonyl (C=O) groups excluding carboxylic acids is 1. The molecule has 24 heavy (non-hydrogen) atoms. The molecular weight excluding hydrogens is 328 g/mol. The van der Waals surface area contributed by atoms with E-state index in [2.05, 4.69) is 0 Å². The number of nitrogens with zero attached hydrogens (tertiary/aromatic N) is 2. The van der Waals surface area contributed by atoms with Crippen LogP contribution in [0, 0.1) is 6.92 Å². The summed E-state index contributed by atoms with van der Waals surface area (Å²) in [5.41, 5.74) is 1.46. The molecule has 1 atom stereocenters. The smallest absolute Gasteiger partial charge is 0.265 e. The van der Waals surface area contributed by atoms with E-state index in [0.29, 0.717) is 11.4 Å². The maximum absolute atomic E-state index is 12.8. The number of fused-ring (bicyclic) bond motifs is 1. The average Bonchev–Trinajstić information content (AvgIpc) is 2.81. The van der Waals surface area contributed by atoms with Crippen LogP contribution in [0.2, 0.25) is 0 Å². The number of carbonyl (C=O) groups is 1. The number of hydrogen-bond donors (Lipinski definition) is 0. The summed E-state index contributed by atoms with van der Waals surface area (Å²) in [5, 5.41) is 0. The molecule has 0 N–H and O–H groups in total. The Morgan fingerprint density at radius 2 is 1.83 bits per heavy atom. The number of sulfonamides is 1. The summed E-state index contributed by atoms with van der Waals surface area (Å²) in [6.45, 7) is 3.37. The van der Waals surface area contributed by atoms with E-state index in [1.165, 1.54) is 4.31 Å². The minimum atomic E-state index is -3.48. The van der Waals surface area contributed by atoms with Crippen LogP contribution in [0.25, 0.3) is 0 Å². The van der Waals surface area contributed by atoms with Gasteiger partial charge in [-0.25, -0.2) is 8.42 Å². The number of aryl methyl sites for hydroxylation is 1. The maximum atomic E-state index is 12.8. The van der Waals surface area contributed by atoms with Gasteiger partial charge in [-0.3, -0.25) is 9.10 Å². The van der Waals surface area contributed by atoms with Crippen molar-refractivity contribution in [1.29, 1.82) is 0 Å². The van der Waals surface area contributed by atoms with Crippen molar-refractivity contribution >= 4 is 21.6 Å². The van der Waals surface area contributed by atoms with E-state index in [4.69, 9.17) is 4.74 Å². The standard InChI is InChI=1S/C17H24N2O4S/c1-13-7-8-15-14(11-13)19(24(2,21)22)12-16(23-15)17(20)18-9-5-3-4-6-10-18/h7-8,11,16H,3-6,9-10,12H2,1-2H3. The Hall–Kier alpha value is -1.76. The zero-order valence-corrected chi connectivity index (χ0v) is 15.0. The lowest BCUT2D eigenvalue weighted by Gasteiger charge is -2.36. The number of likely N-dealkylation sites (tertiary alicyclic amines) is 1. The summed E-state index contributed by atoms with van der Waals surface area (Å²) in [7, 11) is -3.48. The van der Waals surface area contributed by atoms with E-state index in [1.54, 1.807) is 12.1 Å². The Labute approximate surface area is 143 Å². The second-order valence-electron chi connectivity index (χ2n) is 6.61. The Balaban J connectivity index is 1.89. The zero-order chi connectivity index (χ0) is 17.3. The molecule has 0 spiro atoms. The van der Waals surface area contributed by atoms with E-state index in [9.17, 15) is 13.2 Å². The highest BCUT2D eigenvalue weighted by molar-refractivity contribution is 7.92. The highest BCUT2D eigenvalue weighted by atomic mass is 32.2. The lowest BCUT2D eigenvalue weighted by atomic mass is 10.1. The molecule has 2 aliphatic rings. The fourth-order valence-corrected chi connectivity index (χ4v) is 4.20. The van der Waals surface area contributed by atoms with Crippen molar-refractivity contribution < 1.29 is 17.9 Å². The van der Waals surface area contributed by atoms with E-state index in [1.807, 2.05) is 17.9 Å². The van der Waals surface area contributed by atoms with Gasteiger partial charge in [-0.15, -0.1) is 0 Å². The first-order chi connectivity index (χ1) is 11.4. The summed E-state index contributed by atoms with van der Waals surface area (Å²) < 4.78 is 31.6. The zero-order valence-electron chi connectivity index (χ0n) is 14.2. The molecule has 1 unspecified atom stereocenters. The summed E-state index contributed by atoms with van der Waals surface area (Å²) in [5.74, 6) is 0.335. The minimum Gasteiger partial charge on any atom is -0.476 e. The lowest BCUT2D eigenvalue weighted by Crippen LogP contribution is -2.51. The average molecular weight is 352 g/mol. The second kappa shape index (κ2) is 6.63. The molecule has 1 aromatic carbocycles. The minimum absolute atomic E-state index is 0.0324. The van der Waals surface area contributed by atoms with Crippen LogP contribution in [-0.4, -0.2) is 51.2 Å². The molecule has 1 fully saturated rings. The molecule has 7 heteroatoms. The topological polar surface area (TPSA) is 66.9 Å². The largest absolute Gasteiger partial charge is 0.476 e. The predicted molar refractivity (Wildman–Crippen MR) is 92.8 cm³/mol. The van der Waals surface area contributed by atoms with E-state index < -0.39 is 16.1 Å². The Morgan fingerprint density at radius 1 is 1.17 bits per heavy atom. The Kier molecular flexibility index (Phi) is 4.71. The van der Waals surface area contributed by atoms with Crippen LogP contribution in [-0.2, 0) is 14.8 Å². The highest BCUT2D eigenvalue weighted by Crippen LogP contribution is 2.36. The molecular formula is C17H24N2O4S. The summed E-state index contributed by atoms with van der Waals surface area (Å²) >= 11 is 0. The van der Waals surface area contributed by atoms with Crippen LogP contribution >= 0.6 is 0 Å². The molecule has 2 heterocycles. The van der Waals surface area contributed by atoms with Crippen molar-refractivity contribution in [3.05, 3.63) is 23.8 Å². The van der Waals surface area contributed by atoms with Gasteiger partial charge in [-0.05, 0) is 37.5 Å². The third-order valence-corrected chi connectivity index (χ3v) is 5.72. The van der Waals surface area contributed by atoms with Gasteiger partial charge in [-0.1, -0.05) is 18.9 Å². The third-order valence-electron chi connectivity index (χ3n) is 4.58. The van der Waals surface area contributed by atoms with Crippen LogP contribution in [0.15, 0.2) is 18.2 Å². The predicted octanol–water partition coefficient (Wildman–Crippen LogP) is 1.92. The number of anilines is 1. The molecule has 6 nitrogen and oxygen atoms in total. The van der Waals surface area contributed by atoms with Gasteiger partial charge < -0.3 is 9.64 Å². The van der Waals surface area contributed by atoms with Gasteiger partial charge >= 0.3 is 0 Å². The molecule has 0 aromatic heterocycles. The van der Waals surface area contributed by atoms with E-state index >= 15 is 0 Å². The van der Waals surface area contributed by atoms with Crippen molar-refractivity contribution in [2.45, 2.75) is 38.7 Å². The number of benzene rings is 1. The number of rotatable bonds is 2. The molecule has 0 saturated carbocycles. The first-order valence-corrected chi connectivity index (χ1v) is 10.2. The molecule has 1 amide bonds. The Bertz CT molecular complexity index is 724. The third kappa shape index (κ3) is 3.50. The molecule has 3 rings (SSSR count). The van der Waals surface area contributed by atoms with Crippen LogP contribution in [0.4, 0.5) is 5.69 Å². The quantitative estimate of drug-likeness (QED) is 0.816. The summed E-state index contributed by atoms with van der Waals surface area (Å²) in [6, 6.07) is 5.38. The van der Waals surface area contributed by atoms with Crippen LogP contribution in [0.3, 0.4) is 0 Å². The number of amides is 1. The normalized spacial score (nSPS) is 21.7. The second-order valence-corrected chi connectivity index (χ2v) is 8.52. The van der Waals surface area contributed by atoms with E-state index in [-0.39, 0.29) is 12.5 Å². The summed E-state index contributed by atoms with van der Waals surface area (Å²) in [4.78, 5) is 14.7. The summed E-state index contributed by atoms with van der Waals surface area (Å²) in [6.07, 6.45) is 4.62. The number of ether oxygens (including phenoxy) is 1. The molecule has 132 valence electrons. The van der Waals surface area contributed by atoms with Gasteiger partial charge in [0, 0.05) is 13.1 Å². The van der Waals surface area contributed by atoms with Crippen molar-refractivity contribution in [2.75, 3.05) is 30.2 Å². The molecule has 2 aliphatic heterocycles. The van der Waals surface area contributed by atoms with Gasteiger partial charge in [0.1, 0.15) is 5.75 Å². The lowest BCUT2D eigenvalue weighted by molar-refractivity contribution is -0.138. The van der Waals surface area contributed by atoms with Crippen molar-refractivity contribution in [3.8, 4) is 5.75 Å². The van der Waals surface area contributed by atoms with Crippen molar-refractivity contribution in [2.24, 2.45) is 0 Å². The van der Waals surface area contributed by atoms with Gasteiger partial charge in [0.25, 0.3) is 5.91 Å². The highest BCUT2D eigenvalue weighted by Gasteiger charge is 2.37. The molecule has 0 aliphatic carbocycles.